The lowest BCUT2D eigenvalue weighted by Crippen LogP contribution is -2.17. The third-order valence-electron chi connectivity index (χ3n) is 2.56. The van der Waals surface area contributed by atoms with E-state index in [0.717, 1.165) is 18.9 Å². The van der Waals surface area contributed by atoms with E-state index in [1.807, 2.05) is 0 Å². The summed E-state index contributed by atoms with van der Waals surface area (Å²) in [7, 11) is 0. The normalized spacial score (nSPS) is 15.7. The second kappa shape index (κ2) is 4.39. The molecule has 2 rings (SSSR count). The van der Waals surface area contributed by atoms with E-state index in [4.69, 9.17) is 0 Å². The van der Waals surface area contributed by atoms with Crippen LogP contribution in [0.4, 0.5) is 13.2 Å². The zero-order chi connectivity index (χ0) is 12.5. The Kier molecular flexibility index (Phi) is 3.09. The molecular formula is C12H11F3O2. The summed E-state index contributed by atoms with van der Waals surface area (Å²) < 4.78 is 39.7. The fourth-order valence-electron chi connectivity index (χ4n) is 1.57. The summed E-state index contributed by atoms with van der Waals surface area (Å²) >= 11 is 0. The van der Waals surface area contributed by atoms with Gasteiger partial charge in [-0.25, -0.2) is 0 Å². The molecule has 0 aromatic heterocycles. The number of ketones is 1. The lowest BCUT2D eigenvalue weighted by molar-refractivity contribution is -0.274. The summed E-state index contributed by atoms with van der Waals surface area (Å²) in [5.74, 6) is -0.0611. The smallest absolute Gasteiger partial charge is 0.406 e. The highest BCUT2D eigenvalue weighted by atomic mass is 19.4. The van der Waals surface area contributed by atoms with Gasteiger partial charge in [0.05, 0.1) is 0 Å². The molecule has 0 unspecified atom stereocenters. The van der Waals surface area contributed by atoms with Crippen LogP contribution in [0, 0.1) is 5.92 Å². The van der Waals surface area contributed by atoms with Crippen molar-refractivity contribution in [3.8, 4) is 5.75 Å². The van der Waals surface area contributed by atoms with Crippen LogP contribution in [0.2, 0.25) is 0 Å². The van der Waals surface area contributed by atoms with E-state index in [2.05, 4.69) is 4.74 Å². The molecule has 1 aliphatic rings. The van der Waals surface area contributed by atoms with Gasteiger partial charge in [-0.05, 0) is 30.9 Å². The minimum Gasteiger partial charge on any atom is -0.406 e. The van der Waals surface area contributed by atoms with E-state index < -0.39 is 6.36 Å². The van der Waals surface area contributed by atoms with Crippen LogP contribution in [0.25, 0.3) is 0 Å². The van der Waals surface area contributed by atoms with Crippen molar-refractivity contribution in [1.29, 1.82) is 0 Å². The van der Waals surface area contributed by atoms with Crippen LogP contribution in [-0.2, 0) is 0 Å². The Morgan fingerprint density at radius 2 is 2.06 bits per heavy atom. The van der Waals surface area contributed by atoms with Crippen LogP contribution in [0.15, 0.2) is 24.3 Å². The quantitative estimate of drug-likeness (QED) is 0.757. The first-order valence-corrected chi connectivity index (χ1v) is 5.33. The molecule has 0 spiro atoms. The van der Waals surface area contributed by atoms with Gasteiger partial charge in [-0.1, -0.05) is 12.1 Å². The number of benzene rings is 1. The number of carbonyl (C=O) groups excluding carboxylic acids is 1. The van der Waals surface area contributed by atoms with Gasteiger partial charge in [-0.15, -0.1) is 13.2 Å². The predicted molar refractivity (Wildman–Crippen MR) is 54.8 cm³/mol. The monoisotopic (exact) mass is 244 g/mol. The van der Waals surface area contributed by atoms with Gasteiger partial charge in [0.2, 0.25) is 0 Å². The number of hydrogen-bond acceptors (Lipinski definition) is 2. The van der Waals surface area contributed by atoms with Gasteiger partial charge in [0, 0.05) is 12.0 Å². The second-order valence-corrected chi connectivity index (χ2v) is 4.15. The number of carbonyl (C=O) groups is 1. The highest BCUT2D eigenvalue weighted by Crippen LogP contribution is 2.34. The Hall–Kier alpha value is -1.52. The van der Waals surface area contributed by atoms with Gasteiger partial charge >= 0.3 is 6.36 Å². The Morgan fingerprint density at radius 3 is 2.65 bits per heavy atom. The number of hydrogen-bond donors (Lipinski definition) is 0. The Bertz CT molecular complexity index is 422. The van der Waals surface area contributed by atoms with E-state index in [0.29, 0.717) is 12.3 Å². The average Bonchev–Trinajstić information content (AvgIpc) is 2.99. The molecule has 1 aliphatic carbocycles. The zero-order valence-corrected chi connectivity index (χ0v) is 8.96. The van der Waals surface area contributed by atoms with Crippen molar-refractivity contribution in [2.75, 3.05) is 0 Å². The largest absolute Gasteiger partial charge is 0.573 e. The molecule has 0 saturated heterocycles. The lowest BCUT2D eigenvalue weighted by atomic mass is 10.1. The number of ether oxygens (including phenoxy) is 1. The minimum atomic E-state index is -4.72. The van der Waals surface area contributed by atoms with Crippen LogP contribution in [-0.4, -0.2) is 12.1 Å². The van der Waals surface area contributed by atoms with Gasteiger partial charge < -0.3 is 4.74 Å². The molecule has 0 N–H and O–H groups in total. The number of halogens is 3. The predicted octanol–water partition coefficient (Wildman–Crippen LogP) is 3.57. The minimum absolute atomic E-state index is 0.125. The van der Waals surface area contributed by atoms with Gasteiger partial charge in [0.25, 0.3) is 0 Å². The molecule has 1 fully saturated rings. The number of rotatable bonds is 4. The third-order valence-corrected chi connectivity index (χ3v) is 2.56. The highest BCUT2D eigenvalue weighted by molar-refractivity contribution is 5.96. The molecule has 0 amide bonds. The summed E-state index contributed by atoms with van der Waals surface area (Å²) in [5.41, 5.74) is 0.277. The molecule has 0 aliphatic heterocycles. The Labute approximate surface area is 96.4 Å². The molecule has 1 saturated carbocycles. The summed E-state index contributed by atoms with van der Waals surface area (Å²) in [6, 6.07) is 5.22. The van der Waals surface area contributed by atoms with E-state index in [9.17, 15) is 18.0 Å². The molecule has 0 bridgehead atoms. The van der Waals surface area contributed by atoms with Crippen molar-refractivity contribution in [1.82, 2.24) is 0 Å². The first-order valence-electron chi connectivity index (χ1n) is 5.33. The van der Waals surface area contributed by atoms with Gasteiger partial charge in [0.1, 0.15) is 5.75 Å². The Balaban J connectivity index is 2.07. The summed E-state index contributed by atoms with van der Waals surface area (Å²) in [6.45, 7) is 0. The number of Topliss-reactive ketones (excluding diaryl/α,β-unsaturated/α-hetero) is 1. The maximum Gasteiger partial charge on any atom is 0.573 e. The van der Waals surface area contributed by atoms with Crippen molar-refractivity contribution in [3.05, 3.63) is 29.8 Å². The van der Waals surface area contributed by atoms with Crippen LogP contribution < -0.4 is 4.74 Å². The Morgan fingerprint density at radius 1 is 1.35 bits per heavy atom. The molecule has 92 valence electrons. The third kappa shape index (κ3) is 3.76. The molecule has 2 nitrogen and oxygen atoms in total. The maximum atomic E-state index is 12.0. The molecule has 0 radical (unpaired) electrons. The SMILES string of the molecule is O=C(CC1CC1)c1cccc(OC(F)(F)F)c1. The molecule has 0 atom stereocenters. The average molecular weight is 244 g/mol. The van der Waals surface area contributed by atoms with E-state index in [-0.39, 0.29) is 17.1 Å². The van der Waals surface area contributed by atoms with E-state index >= 15 is 0 Å². The fraction of sp³-hybridized carbons (Fsp3) is 0.417. The number of alkyl halides is 3. The molecule has 1 aromatic rings. The molecular weight excluding hydrogens is 233 g/mol. The van der Waals surface area contributed by atoms with Gasteiger partial charge in [-0.2, -0.15) is 0 Å². The van der Waals surface area contributed by atoms with E-state index in [1.165, 1.54) is 18.2 Å². The van der Waals surface area contributed by atoms with Crippen molar-refractivity contribution < 1.29 is 22.7 Å². The van der Waals surface area contributed by atoms with Crippen LogP contribution in [0.1, 0.15) is 29.6 Å². The first-order chi connectivity index (χ1) is 7.94. The van der Waals surface area contributed by atoms with Crippen LogP contribution in [0.3, 0.4) is 0 Å². The lowest BCUT2D eigenvalue weighted by Gasteiger charge is -2.09. The molecule has 17 heavy (non-hydrogen) atoms. The molecule has 1 aromatic carbocycles. The van der Waals surface area contributed by atoms with Gasteiger partial charge in [0.15, 0.2) is 5.78 Å². The van der Waals surface area contributed by atoms with Crippen LogP contribution in [0.5, 0.6) is 5.75 Å². The fourth-order valence-corrected chi connectivity index (χ4v) is 1.57. The van der Waals surface area contributed by atoms with Gasteiger partial charge in [-0.3, -0.25) is 4.79 Å². The standard InChI is InChI=1S/C12H11F3O2/c13-12(14,15)17-10-3-1-2-9(7-10)11(16)6-8-4-5-8/h1-3,7-8H,4-6H2. The topological polar surface area (TPSA) is 26.3 Å². The summed E-state index contributed by atoms with van der Waals surface area (Å²) in [5, 5.41) is 0. The molecule has 5 heteroatoms. The zero-order valence-electron chi connectivity index (χ0n) is 8.96. The molecule has 0 heterocycles. The van der Waals surface area contributed by atoms with Crippen molar-refractivity contribution in [2.45, 2.75) is 25.6 Å². The van der Waals surface area contributed by atoms with Crippen molar-refractivity contribution in [2.24, 2.45) is 5.92 Å². The van der Waals surface area contributed by atoms with Crippen molar-refractivity contribution in [3.63, 3.8) is 0 Å². The summed E-state index contributed by atoms with van der Waals surface area (Å²) in [4.78, 5) is 11.7. The second-order valence-electron chi connectivity index (χ2n) is 4.15. The summed E-state index contributed by atoms with van der Waals surface area (Å²) in [6.07, 6.45) is -2.25. The highest BCUT2D eigenvalue weighted by Gasteiger charge is 2.31. The van der Waals surface area contributed by atoms with Crippen LogP contribution >= 0.6 is 0 Å². The first kappa shape index (κ1) is 12.0. The van der Waals surface area contributed by atoms with Crippen molar-refractivity contribution >= 4 is 5.78 Å². The van der Waals surface area contributed by atoms with E-state index in [1.54, 1.807) is 0 Å². The maximum absolute atomic E-state index is 12.0.